The first kappa shape index (κ1) is 27.6. The topological polar surface area (TPSA) is 86.0 Å². The van der Waals surface area contributed by atoms with Gasteiger partial charge in [-0.05, 0) is 75.0 Å². The Bertz CT molecular complexity index is 1290. The van der Waals surface area contributed by atoms with Gasteiger partial charge in [-0.3, -0.25) is 9.79 Å². The predicted octanol–water partition coefficient (Wildman–Crippen LogP) is 5.46. The zero-order valence-corrected chi connectivity index (χ0v) is 23.1. The minimum absolute atomic E-state index is 0.199. The van der Waals surface area contributed by atoms with Crippen LogP contribution in [0.2, 0.25) is 5.02 Å². The molecule has 0 aromatic heterocycles. The Kier molecular flexibility index (Phi) is 9.39. The van der Waals surface area contributed by atoms with Crippen LogP contribution in [0.15, 0.2) is 71.7 Å². The highest BCUT2D eigenvalue weighted by Crippen LogP contribution is 2.31. The zero-order valence-electron chi connectivity index (χ0n) is 22.4. The molecule has 0 bridgehead atoms. The lowest BCUT2D eigenvalue weighted by Crippen LogP contribution is -2.28. The summed E-state index contributed by atoms with van der Waals surface area (Å²) in [5.74, 6) is 0.935. The fourth-order valence-corrected chi connectivity index (χ4v) is 4.91. The first-order valence-electron chi connectivity index (χ1n) is 13.0. The molecule has 1 amide bonds. The molecule has 1 aliphatic heterocycles. The number of amidine groups is 1. The third kappa shape index (κ3) is 6.92. The van der Waals surface area contributed by atoms with E-state index < -0.39 is 6.04 Å². The Labute approximate surface area is 230 Å². The third-order valence-corrected chi connectivity index (χ3v) is 6.99. The Hall–Kier alpha value is -3.39. The van der Waals surface area contributed by atoms with E-state index in [0.717, 1.165) is 66.5 Å². The molecule has 7 nitrogen and oxygen atoms in total. The largest absolute Gasteiger partial charge is 0.370 e. The molecule has 0 saturated carbocycles. The second-order valence-electron chi connectivity index (χ2n) is 9.85. The maximum atomic E-state index is 13.6. The van der Waals surface area contributed by atoms with Gasteiger partial charge in [-0.2, -0.15) is 0 Å². The van der Waals surface area contributed by atoms with Gasteiger partial charge >= 0.3 is 0 Å². The summed E-state index contributed by atoms with van der Waals surface area (Å²) in [6.07, 6.45) is 2.08. The van der Waals surface area contributed by atoms with Crippen LogP contribution in [0.1, 0.15) is 35.6 Å². The van der Waals surface area contributed by atoms with Crippen molar-refractivity contribution in [2.75, 3.05) is 49.3 Å². The third-order valence-electron chi connectivity index (χ3n) is 6.64. The van der Waals surface area contributed by atoms with Gasteiger partial charge in [0.05, 0.1) is 6.54 Å². The smallest absolute Gasteiger partial charge is 0.251 e. The van der Waals surface area contributed by atoms with Gasteiger partial charge in [-0.1, -0.05) is 41.9 Å². The van der Waals surface area contributed by atoms with Crippen LogP contribution in [0, 0.1) is 6.92 Å². The Balaban J connectivity index is 1.54. The molecular formula is C30H37ClN6O. The summed E-state index contributed by atoms with van der Waals surface area (Å²) >= 11 is 6.52. The summed E-state index contributed by atoms with van der Waals surface area (Å²) in [5, 5.41) is 6.97. The lowest BCUT2D eigenvalue weighted by atomic mass is 10.0. The van der Waals surface area contributed by atoms with E-state index in [2.05, 4.69) is 47.5 Å². The highest BCUT2D eigenvalue weighted by Gasteiger charge is 2.25. The lowest BCUT2D eigenvalue weighted by molar-refractivity contribution is -0.117. The van der Waals surface area contributed by atoms with E-state index in [9.17, 15) is 4.79 Å². The number of aryl methyl sites for hydroxylation is 1. The standard InChI is InChI=1S/C30H37ClN6O/c1-21-18-24(13-14-27(21)37-16-7-12-28(37)33-15-17-36(2)3)35-30(38)29(25-10-4-5-11-26(25)31)34-23-9-6-8-22(19-23)20-32/h4-6,8-11,13-14,18-19,29,34H,7,12,15-17,20,32H2,1-3H3,(H,35,38)/b33-28-. The SMILES string of the molecule is Cc1cc(NC(=O)C(Nc2cccc(CN)c2)c2ccccc2Cl)ccc1N1CCC/C1=N/CCN(C)C. The van der Waals surface area contributed by atoms with Crippen LogP contribution in [-0.4, -0.2) is 50.4 Å². The number of amides is 1. The van der Waals surface area contributed by atoms with Crippen LogP contribution in [0.4, 0.5) is 17.1 Å². The number of anilines is 3. The number of likely N-dealkylation sites (N-methyl/N-ethyl adjacent to an activating group) is 1. The van der Waals surface area contributed by atoms with Gasteiger partial charge in [0.15, 0.2) is 0 Å². The second kappa shape index (κ2) is 12.9. The number of aliphatic imine (C=N–C) groups is 1. The minimum Gasteiger partial charge on any atom is -0.370 e. The van der Waals surface area contributed by atoms with Crippen LogP contribution in [0.5, 0.6) is 0 Å². The molecule has 1 heterocycles. The number of rotatable bonds is 10. The van der Waals surface area contributed by atoms with Gasteiger partial charge in [-0.25, -0.2) is 0 Å². The van der Waals surface area contributed by atoms with Crippen molar-refractivity contribution in [3.8, 4) is 0 Å². The summed E-state index contributed by atoms with van der Waals surface area (Å²) in [7, 11) is 4.12. The molecule has 38 heavy (non-hydrogen) atoms. The van der Waals surface area contributed by atoms with Crippen LogP contribution >= 0.6 is 11.6 Å². The number of halogens is 1. The number of carbonyl (C=O) groups is 1. The van der Waals surface area contributed by atoms with Gasteiger partial charge in [0, 0.05) is 53.7 Å². The summed E-state index contributed by atoms with van der Waals surface area (Å²) in [4.78, 5) is 22.9. The molecule has 4 rings (SSSR count). The quantitative estimate of drug-likeness (QED) is 0.323. The van der Waals surface area contributed by atoms with Gasteiger partial charge < -0.3 is 26.2 Å². The lowest BCUT2D eigenvalue weighted by Gasteiger charge is -2.24. The van der Waals surface area contributed by atoms with E-state index in [1.807, 2.05) is 54.6 Å². The maximum Gasteiger partial charge on any atom is 0.251 e. The van der Waals surface area contributed by atoms with Crippen molar-refractivity contribution < 1.29 is 4.79 Å². The molecule has 1 saturated heterocycles. The Morgan fingerprint density at radius 1 is 1.11 bits per heavy atom. The second-order valence-corrected chi connectivity index (χ2v) is 10.3. The number of benzene rings is 3. The van der Waals surface area contributed by atoms with Crippen molar-refractivity contribution in [1.29, 1.82) is 0 Å². The van der Waals surface area contributed by atoms with Crippen molar-refractivity contribution in [2.45, 2.75) is 32.4 Å². The van der Waals surface area contributed by atoms with Crippen LogP contribution in [0.3, 0.4) is 0 Å². The molecule has 3 aromatic carbocycles. The highest BCUT2D eigenvalue weighted by molar-refractivity contribution is 6.31. The molecule has 1 aliphatic rings. The van der Waals surface area contributed by atoms with Crippen molar-refractivity contribution in [1.82, 2.24) is 4.90 Å². The van der Waals surface area contributed by atoms with Crippen molar-refractivity contribution in [3.63, 3.8) is 0 Å². The van der Waals surface area contributed by atoms with E-state index in [-0.39, 0.29) is 5.91 Å². The summed E-state index contributed by atoms with van der Waals surface area (Å²) < 4.78 is 0. The average Bonchev–Trinajstić information content (AvgIpc) is 3.36. The highest BCUT2D eigenvalue weighted by atomic mass is 35.5. The number of nitrogens with zero attached hydrogens (tertiary/aromatic N) is 3. The number of hydrogen-bond donors (Lipinski definition) is 3. The monoisotopic (exact) mass is 532 g/mol. The van der Waals surface area contributed by atoms with E-state index in [1.165, 1.54) is 0 Å². The van der Waals surface area contributed by atoms with Gasteiger partial charge in [0.25, 0.3) is 5.91 Å². The van der Waals surface area contributed by atoms with Gasteiger partial charge in [0.1, 0.15) is 11.9 Å². The number of nitrogens with one attached hydrogen (secondary N) is 2. The molecule has 0 radical (unpaired) electrons. The zero-order chi connectivity index (χ0) is 27.1. The fraction of sp³-hybridized carbons (Fsp3) is 0.333. The molecule has 3 aromatic rings. The number of carbonyl (C=O) groups excluding carboxylic acids is 1. The first-order valence-corrected chi connectivity index (χ1v) is 13.4. The van der Waals surface area contributed by atoms with E-state index in [0.29, 0.717) is 17.1 Å². The van der Waals surface area contributed by atoms with Gasteiger partial charge in [-0.15, -0.1) is 0 Å². The molecule has 200 valence electrons. The average molecular weight is 533 g/mol. The molecule has 4 N–H and O–H groups in total. The summed E-state index contributed by atoms with van der Waals surface area (Å²) in [6.45, 7) is 5.16. The van der Waals surface area contributed by atoms with Crippen molar-refractivity contribution >= 4 is 40.4 Å². The molecule has 0 aliphatic carbocycles. The molecule has 0 spiro atoms. The first-order chi connectivity index (χ1) is 18.4. The van der Waals surface area contributed by atoms with E-state index in [4.69, 9.17) is 22.3 Å². The fourth-order valence-electron chi connectivity index (χ4n) is 4.66. The molecule has 8 heteroatoms. The maximum absolute atomic E-state index is 13.6. The van der Waals surface area contributed by atoms with Crippen molar-refractivity contribution in [2.24, 2.45) is 10.7 Å². The normalized spacial score (nSPS) is 15.2. The molecule has 1 atom stereocenters. The summed E-state index contributed by atoms with van der Waals surface area (Å²) in [5.41, 5.74) is 11.2. The predicted molar refractivity (Wildman–Crippen MR) is 159 cm³/mol. The molecule has 1 unspecified atom stereocenters. The Morgan fingerprint density at radius 3 is 2.66 bits per heavy atom. The molecule has 1 fully saturated rings. The number of hydrogen-bond acceptors (Lipinski definition) is 5. The number of nitrogens with two attached hydrogens (primary N) is 1. The minimum atomic E-state index is -0.689. The van der Waals surface area contributed by atoms with E-state index >= 15 is 0 Å². The van der Waals surface area contributed by atoms with Crippen molar-refractivity contribution in [3.05, 3.63) is 88.4 Å². The van der Waals surface area contributed by atoms with Crippen LogP contribution in [0.25, 0.3) is 0 Å². The van der Waals surface area contributed by atoms with E-state index in [1.54, 1.807) is 6.07 Å². The Morgan fingerprint density at radius 2 is 1.92 bits per heavy atom. The summed E-state index contributed by atoms with van der Waals surface area (Å²) in [6, 6.07) is 20.5. The van der Waals surface area contributed by atoms with Gasteiger partial charge in [0.2, 0.25) is 0 Å². The molecular weight excluding hydrogens is 496 g/mol. The van der Waals surface area contributed by atoms with Crippen LogP contribution in [-0.2, 0) is 11.3 Å². The van der Waals surface area contributed by atoms with Crippen LogP contribution < -0.4 is 21.3 Å².